The zero-order valence-corrected chi connectivity index (χ0v) is 22.0. The summed E-state index contributed by atoms with van der Waals surface area (Å²) in [5, 5.41) is 1.19. The van der Waals surface area contributed by atoms with Crippen molar-refractivity contribution in [1.82, 2.24) is 9.97 Å². The summed E-state index contributed by atoms with van der Waals surface area (Å²) in [5.41, 5.74) is 5.11. The Kier molecular flexibility index (Phi) is 6.24. The minimum atomic E-state index is -0.707. The maximum atomic E-state index is 15.2. The van der Waals surface area contributed by atoms with E-state index in [4.69, 9.17) is 9.97 Å². The molecular weight excluding hydrogens is 536 g/mol. The van der Waals surface area contributed by atoms with Crippen LogP contribution in [-0.4, -0.2) is 9.97 Å². The first-order valence-corrected chi connectivity index (χ1v) is 13.3. The lowest BCUT2D eigenvalue weighted by molar-refractivity contribution is 0.585. The fourth-order valence-corrected chi connectivity index (χ4v) is 5.35. The first-order chi connectivity index (χ1) is 20.5. The number of hydrogen-bond acceptors (Lipinski definition) is 2. The van der Waals surface area contributed by atoms with E-state index in [0.29, 0.717) is 44.3 Å². The second-order valence-electron chi connectivity index (χ2n) is 9.95. The van der Waals surface area contributed by atoms with Gasteiger partial charge < -0.3 is 0 Å². The summed E-state index contributed by atoms with van der Waals surface area (Å²) in [6.45, 7) is 0. The van der Waals surface area contributed by atoms with Crippen LogP contribution in [0.1, 0.15) is 0 Å². The van der Waals surface area contributed by atoms with Crippen LogP contribution in [0.5, 0.6) is 0 Å². The van der Waals surface area contributed by atoms with Gasteiger partial charge in [-0.15, -0.1) is 0 Å². The van der Waals surface area contributed by atoms with Crippen LogP contribution < -0.4 is 0 Å². The fraction of sp³-hybridized carbons (Fsp3) is 0. The van der Waals surface area contributed by atoms with E-state index in [1.165, 1.54) is 24.3 Å². The van der Waals surface area contributed by atoms with Gasteiger partial charge >= 0.3 is 0 Å². The summed E-state index contributed by atoms with van der Waals surface area (Å²) in [6.07, 6.45) is 0. The first-order valence-electron chi connectivity index (χ1n) is 13.3. The third-order valence-electron chi connectivity index (χ3n) is 7.34. The highest BCUT2D eigenvalue weighted by atomic mass is 19.1. The number of aromatic nitrogens is 2. The maximum absolute atomic E-state index is 15.2. The third-order valence-corrected chi connectivity index (χ3v) is 7.34. The molecule has 0 radical (unpaired) electrons. The third kappa shape index (κ3) is 4.47. The molecule has 0 unspecified atom stereocenters. The summed E-state index contributed by atoms with van der Waals surface area (Å²) >= 11 is 0. The van der Waals surface area contributed by atoms with E-state index in [2.05, 4.69) is 0 Å². The number of nitrogens with zero attached hydrogens (tertiary/aromatic N) is 2. The lowest BCUT2D eigenvalue weighted by atomic mass is 9.93. The number of halogens is 4. The quantitative estimate of drug-likeness (QED) is 0.159. The topological polar surface area (TPSA) is 25.8 Å². The lowest BCUT2D eigenvalue weighted by Crippen LogP contribution is -1.97. The van der Waals surface area contributed by atoms with Gasteiger partial charge in [0.15, 0.2) is 0 Å². The van der Waals surface area contributed by atoms with E-state index in [0.717, 1.165) is 23.3 Å². The molecular formula is C36H20F4N2. The van der Waals surface area contributed by atoms with Crippen LogP contribution in [0.4, 0.5) is 17.6 Å². The molecule has 42 heavy (non-hydrogen) atoms. The smallest absolute Gasteiger partial charge is 0.133 e. The Morgan fingerprint density at radius 1 is 0.381 bits per heavy atom. The average Bonchev–Trinajstić information content (AvgIpc) is 3.01. The molecule has 0 aliphatic heterocycles. The summed E-state index contributed by atoms with van der Waals surface area (Å²) in [6, 6.07) is 33.0. The molecule has 6 heteroatoms. The van der Waals surface area contributed by atoms with Crippen molar-refractivity contribution in [3.63, 3.8) is 0 Å². The normalized spacial score (nSPS) is 11.3. The van der Waals surface area contributed by atoms with Gasteiger partial charge in [0, 0.05) is 45.2 Å². The zero-order chi connectivity index (χ0) is 28.8. The molecule has 2 nitrogen and oxygen atoms in total. The molecule has 0 spiro atoms. The Morgan fingerprint density at radius 2 is 0.786 bits per heavy atom. The van der Waals surface area contributed by atoms with Crippen molar-refractivity contribution in [2.75, 3.05) is 0 Å². The summed E-state index contributed by atoms with van der Waals surface area (Å²) in [5.74, 6) is -2.77. The van der Waals surface area contributed by atoms with Gasteiger partial charge in [0.2, 0.25) is 0 Å². The van der Waals surface area contributed by atoms with Gasteiger partial charge in [-0.25, -0.2) is 27.5 Å². The van der Waals surface area contributed by atoms with Crippen molar-refractivity contribution < 1.29 is 17.6 Å². The van der Waals surface area contributed by atoms with E-state index in [9.17, 15) is 8.78 Å². The van der Waals surface area contributed by atoms with E-state index in [1.807, 2.05) is 60.7 Å². The van der Waals surface area contributed by atoms with Gasteiger partial charge in [-0.3, -0.25) is 0 Å². The minimum Gasteiger partial charge on any atom is -0.245 e. The van der Waals surface area contributed by atoms with Crippen LogP contribution in [0.2, 0.25) is 0 Å². The first kappa shape index (κ1) is 25.6. The fourth-order valence-electron chi connectivity index (χ4n) is 5.35. The molecule has 2 aromatic heterocycles. The molecule has 7 rings (SSSR count). The largest absolute Gasteiger partial charge is 0.245 e. The standard InChI is InChI=1S/C36H20F4N2/c37-23-11-13-25(31(39)17-23)29-19-33(21-7-3-1-4-8-21)41-35-27(29)15-16-28-30(26-14-12-24(38)18-32(26)40)20-34(42-36(28)35)22-9-5-2-6-10-22/h1-20H. The minimum absolute atomic E-state index is 0.212. The maximum Gasteiger partial charge on any atom is 0.133 e. The van der Waals surface area contributed by atoms with Crippen LogP contribution >= 0.6 is 0 Å². The molecule has 7 aromatic rings. The van der Waals surface area contributed by atoms with Crippen LogP contribution in [-0.2, 0) is 0 Å². The van der Waals surface area contributed by atoms with E-state index < -0.39 is 23.3 Å². The second kappa shape index (κ2) is 10.2. The monoisotopic (exact) mass is 556 g/mol. The Balaban J connectivity index is 1.63. The van der Waals surface area contributed by atoms with Crippen LogP contribution in [0, 0.1) is 23.3 Å². The number of pyridine rings is 2. The lowest BCUT2D eigenvalue weighted by Gasteiger charge is -2.16. The van der Waals surface area contributed by atoms with Gasteiger partial charge in [0.05, 0.1) is 22.4 Å². The Bertz CT molecular complexity index is 1970. The van der Waals surface area contributed by atoms with Crippen molar-refractivity contribution in [3.8, 4) is 44.8 Å². The van der Waals surface area contributed by atoms with Crippen molar-refractivity contribution in [2.24, 2.45) is 0 Å². The highest BCUT2D eigenvalue weighted by Gasteiger charge is 2.20. The predicted molar refractivity (Wildman–Crippen MR) is 159 cm³/mol. The SMILES string of the molecule is Fc1ccc(-c2cc(-c3ccccc3)nc3c2ccc2c(-c4ccc(F)cc4F)cc(-c4ccccc4)nc23)c(F)c1. The average molecular weight is 557 g/mol. The van der Waals surface area contributed by atoms with Crippen molar-refractivity contribution in [3.05, 3.63) is 145 Å². The predicted octanol–water partition coefficient (Wildman–Crippen LogP) is 10.0. The van der Waals surface area contributed by atoms with Gasteiger partial charge in [0.1, 0.15) is 23.3 Å². The van der Waals surface area contributed by atoms with E-state index >= 15 is 8.78 Å². The number of fused-ring (bicyclic) bond motifs is 3. The zero-order valence-electron chi connectivity index (χ0n) is 22.0. The van der Waals surface area contributed by atoms with Gasteiger partial charge in [-0.1, -0.05) is 72.8 Å². The highest BCUT2D eigenvalue weighted by Crippen LogP contribution is 2.40. The van der Waals surface area contributed by atoms with Crippen molar-refractivity contribution in [2.45, 2.75) is 0 Å². The van der Waals surface area contributed by atoms with Crippen molar-refractivity contribution >= 4 is 21.8 Å². The Morgan fingerprint density at radius 3 is 1.17 bits per heavy atom. The summed E-state index contributed by atoms with van der Waals surface area (Å²) in [4.78, 5) is 10.0. The molecule has 0 N–H and O–H groups in total. The number of hydrogen-bond donors (Lipinski definition) is 0. The number of benzene rings is 5. The van der Waals surface area contributed by atoms with Gasteiger partial charge in [-0.05, 0) is 47.5 Å². The second-order valence-corrected chi connectivity index (χ2v) is 9.95. The molecule has 0 amide bonds. The molecule has 0 aliphatic carbocycles. The molecule has 0 fully saturated rings. The van der Waals surface area contributed by atoms with Crippen LogP contribution in [0.25, 0.3) is 66.6 Å². The van der Waals surface area contributed by atoms with Gasteiger partial charge in [-0.2, -0.15) is 0 Å². The molecule has 0 aliphatic rings. The molecule has 2 heterocycles. The van der Waals surface area contributed by atoms with Crippen LogP contribution in [0.15, 0.2) is 121 Å². The number of rotatable bonds is 4. The Hall–Kier alpha value is -5.36. The molecule has 5 aromatic carbocycles. The van der Waals surface area contributed by atoms with E-state index in [-0.39, 0.29) is 11.1 Å². The van der Waals surface area contributed by atoms with E-state index in [1.54, 1.807) is 24.3 Å². The molecule has 0 saturated heterocycles. The highest BCUT2D eigenvalue weighted by molar-refractivity contribution is 6.13. The van der Waals surface area contributed by atoms with Crippen molar-refractivity contribution in [1.29, 1.82) is 0 Å². The van der Waals surface area contributed by atoms with Gasteiger partial charge in [0.25, 0.3) is 0 Å². The summed E-state index contributed by atoms with van der Waals surface area (Å²) in [7, 11) is 0. The summed E-state index contributed by atoms with van der Waals surface area (Å²) < 4.78 is 58.2. The molecule has 0 atom stereocenters. The molecule has 0 saturated carbocycles. The van der Waals surface area contributed by atoms with Crippen LogP contribution in [0.3, 0.4) is 0 Å². The Labute approximate surface area is 238 Å². The molecule has 202 valence electrons. The molecule has 0 bridgehead atoms.